The van der Waals surface area contributed by atoms with E-state index in [0.29, 0.717) is 5.56 Å². The van der Waals surface area contributed by atoms with Crippen molar-refractivity contribution in [3.8, 4) is 23.0 Å². The predicted molar refractivity (Wildman–Crippen MR) is 167 cm³/mol. The summed E-state index contributed by atoms with van der Waals surface area (Å²) < 4.78 is 40.5. The van der Waals surface area contributed by atoms with Crippen LogP contribution in [0.3, 0.4) is 0 Å². The van der Waals surface area contributed by atoms with Crippen LogP contribution >= 0.6 is 0 Å². The number of hydrogen-bond acceptors (Lipinski definition) is 19. The fourth-order valence-electron chi connectivity index (χ4n) is 6.53. The summed E-state index contributed by atoms with van der Waals surface area (Å²) >= 11 is 0. The van der Waals surface area contributed by atoms with E-state index >= 15 is 0 Å². The van der Waals surface area contributed by atoms with Crippen LogP contribution in [0.5, 0.6) is 23.0 Å². The van der Waals surface area contributed by atoms with Crippen molar-refractivity contribution in [2.24, 2.45) is 0 Å². The number of ether oxygens (including phenoxy) is 7. The number of rotatable bonds is 9. The Morgan fingerprint density at radius 2 is 1.27 bits per heavy atom. The maximum atomic E-state index is 13.0. The van der Waals surface area contributed by atoms with E-state index in [1.165, 1.54) is 25.1 Å². The lowest BCUT2D eigenvalue weighted by Crippen LogP contribution is -2.66. The average molecular weight is 743 g/mol. The lowest BCUT2D eigenvalue weighted by Gasteiger charge is -2.48. The predicted octanol–water partition coefficient (Wildman–Crippen LogP) is -3.34. The third-order valence-corrected chi connectivity index (χ3v) is 9.53. The highest BCUT2D eigenvalue weighted by atomic mass is 16.8. The largest absolute Gasteiger partial charge is 0.508 e. The molecule has 4 heterocycles. The summed E-state index contributed by atoms with van der Waals surface area (Å²) in [6.45, 7) is -0.218. The first-order valence-electron chi connectivity index (χ1n) is 16.5. The van der Waals surface area contributed by atoms with E-state index in [0.717, 1.165) is 6.07 Å². The number of aliphatic hydroxyl groups is 9. The van der Waals surface area contributed by atoms with Gasteiger partial charge in [0.1, 0.15) is 95.7 Å². The van der Waals surface area contributed by atoms with Crippen LogP contribution in [-0.2, 0) is 23.7 Å². The minimum absolute atomic E-state index is 0.00269. The summed E-state index contributed by atoms with van der Waals surface area (Å²) in [4.78, 5) is 13.0. The summed E-state index contributed by atoms with van der Waals surface area (Å²) in [6.07, 6.45) is -26.3. The number of fused-ring (bicyclic) bond motifs is 1. The topological polar surface area (TPSA) is 304 Å². The molecule has 2 aromatic carbocycles. The van der Waals surface area contributed by atoms with Crippen molar-refractivity contribution in [3.63, 3.8) is 0 Å². The highest BCUT2D eigenvalue weighted by Gasteiger charge is 2.54. The lowest BCUT2D eigenvalue weighted by atomic mass is 9.95. The average Bonchev–Trinajstić information content (AvgIpc) is 3.11. The molecule has 11 N–H and O–H groups in total. The van der Waals surface area contributed by atoms with Crippen LogP contribution < -0.4 is 9.47 Å². The van der Waals surface area contributed by atoms with Crippen molar-refractivity contribution in [1.82, 2.24) is 0 Å². The number of Topliss-reactive ketones (excluding diaryl/α,β-unsaturated/α-hetero) is 1. The summed E-state index contributed by atoms with van der Waals surface area (Å²) in [7, 11) is 0. The Morgan fingerprint density at radius 1 is 0.692 bits per heavy atom. The molecule has 0 bridgehead atoms. The first-order chi connectivity index (χ1) is 24.7. The molecule has 288 valence electrons. The highest BCUT2D eigenvalue weighted by molar-refractivity contribution is 6.02. The number of aliphatic hydroxyl groups excluding tert-OH is 9. The molecular formula is C33H42O19. The minimum Gasteiger partial charge on any atom is -0.508 e. The molecule has 19 nitrogen and oxygen atoms in total. The Morgan fingerprint density at radius 3 is 1.92 bits per heavy atom. The van der Waals surface area contributed by atoms with Gasteiger partial charge < -0.3 is 89.3 Å². The van der Waals surface area contributed by atoms with Gasteiger partial charge >= 0.3 is 0 Å². The van der Waals surface area contributed by atoms with Gasteiger partial charge in [-0.1, -0.05) is 12.1 Å². The fraction of sp³-hybridized carbons (Fsp3) is 0.606. The number of phenols is 2. The summed E-state index contributed by atoms with van der Waals surface area (Å²) in [5, 5.41) is 114. The quantitative estimate of drug-likeness (QED) is 0.120. The molecule has 4 aliphatic rings. The van der Waals surface area contributed by atoms with Crippen LogP contribution in [0, 0.1) is 0 Å². The molecule has 2 aromatic rings. The second-order valence-corrected chi connectivity index (χ2v) is 13.1. The monoisotopic (exact) mass is 742 g/mol. The van der Waals surface area contributed by atoms with Gasteiger partial charge in [-0.25, -0.2) is 0 Å². The summed E-state index contributed by atoms with van der Waals surface area (Å²) in [5.41, 5.74) is 0.429. The van der Waals surface area contributed by atoms with E-state index < -0.39 is 123 Å². The Kier molecular flexibility index (Phi) is 11.6. The van der Waals surface area contributed by atoms with E-state index in [1.807, 2.05) is 0 Å². The zero-order valence-electron chi connectivity index (χ0n) is 27.5. The SMILES string of the molecule is C[C@@H]1O[C@@H](O[C@H]2[C@H](Oc3cc(O)c4c(c3)O[C@H](c3ccc(O)cc3)CC4=O)O[C@H](CO)[C@@H](O)[C@@H]2O)[C@H](O[C@@H]2O[C@H](CO)[C@@H](O)[C@H](O)[C@H]2O)[C@H](O)[C@H]1O. The minimum atomic E-state index is -1.92. The van der Waals surface area contributed by atoms with Gasteiger partial charge in [0, 0.05) is 12.1 Å². The van der Waals surface area contributed by atoms with Crippen LogP contribution in [0.1, 0.15) is 35.4 Å². The van der Waals surface area contributed by atoms with Crippen LogP contribution in [-0.4, -0.2) is 167 Å². The molecule has 0 amide bonds. The number of ketones is 1. The molecular weight excluding hydrogens is 700 g/mol. The van der Waals surface area contributed by atoms with Gasteiger partial charge in [-0.3, -0.25) is 4.79 Å². The number of phenolic OH excluding ortho intramolecular Hbond substituents is 2. The van der Waals surface area contributed by atoms with Crippen molar-refractivity contribution < 1.29 is 94.1 Å². The molecule has 0 saturated carbocycles. The summed E-state index contributed by atoms with van der Waals surface area (Å²) in [5.74, 6) is -1.23. The third-order valence-electron chi connectivity index (χ3n) is 9.53. The molecule has 0 unspecified atom stereocenters. The maximum absolute atomic E-state index is 13.0. The second kappa shape index (κ2) is 15.6. The van der Waals surface area contributed by atoms with Crippen molar-refractivity contribution in [2.75, 3.05) is 13.2 Å². The highest BCUT2D eigenvalue weighted by Crippen LogP contribution is 2.43. The zero-order valence-corrected chi connectivity index (χ0v) is 27.5. The van der Waals surface area contributed by atoms with Gasteiger partial charge in [0.05, 0.1) is 25.7 Å². The Balaban J connectivity index is 1.27. The van der Waals surface area contributed by atoms with Gasteiger partial charge in [0.2, 0.25) is 6.29 Å². The first-order valence-corrected chi connectivity index (χ1v) is 16.5. The number of hydrogen-bond donors (Lipinski definition) is 11. The molecule has 52 heavy (non-hydrogen) atoms. The molecule has 0 spiro atoms. The van der Waals surface area contributed by atoms with E-state index in [9.17, 15) is 61.0 Å². The normalized spacial score (nSPS) is 40.8. The maximum Gasteiger partial charge on any atom is 0.229 e. The molecule has 0 aromatic heterocycles. The summed E-state index contributed by atoms with van der Waals surface area (Å²) in [6, 6.07) is 8.30. The van der Waals surface area contributed by atoms with E-state index in [2.05, 4.69) is 0 Å². The van der Waals surface area contributed by atoms with Crippen LogP contribution in [0.2, 0.25) is 0 Å². The third kappa shape index (κ3) is 7.43. The fourth-order valence-corrected chi connectivity index (χ4v) is 6.53. The molecule has 19 heteroatoms. The lowest BCUT2D eigenvalue weighted by molar-refractivity contribution is -0.386. The second-order valence-electron chi connectivity index (χ2n) is 13.1. The number of aromatic hydroxyl groups is 2. The molecule has 4 aliphatic heterocycles. The van der Waals surface area contributed by atoms with E-state index in [1.54, 1.807) is 12.1 Å². The van der Waals surface area contributed by atoms with Gasteiger partial charge in [0.15, 0.2) is 24.5 Å². The molecule has 16 atom stereocenters. The standard InChI is InChI=1S/C33H42O19/c1-11-22(39)26(43)29(51-31-28(45)25(42)23(40)19(9-34)49-31)32(46-11)52-30-27(44)24(41)20(10-35)50-33(30)47-14-6-15(37)21-16(38)8-17(48-18(21)7-14)12-2-4-13(36)5-3-12/h2-7,11,17,19-20,22-37,39-45H,8-10H2,1H3/t11-,17-,19+,20+,22-,23+,24+,25-,26+,27-,28+,29+,30+,31-,32-,33+/m0/s1. The number of benzene rings is 2. The molecule has 3 saturated heterocycles. The molecule has 3 fully saturated rings. The Labute approximate surface area is 295 Å². The molecule has 0 aliphatic carbocycles. The van der Waals surface area contributed by atoms with Gasteiger partial charge in [-0.15, -0.1) is 0 Å². The van der Waals surface area contributed by atoms with Gasteiger partial charge in [-0.05, 0) is 24.6 Å². The van der Waals surface area contributed by atoms with Crippen molar-refractivity contribution >= 4 is 5.78 Å². The van der Waals surface area contributed by atoms with Crippen LogP contribution in [0.4, 0.5) is 0 Å². The number of carbonyl (C=O) groups is 1. The Bertz CT molecular complexity index is 1540. The van der Waals surface area contributed by atoms with Gasteiger partial charge in [-0.2, -0.15) is 0 Å². The zero-order chi connectivity index (χ0) is 37.6. The molecule has 0 radical (unpaired) electrons. The first kappa shape index (κ1) is 38.5. The Hall–Kier alpha value is -3.25. The van der Waals surface area contributed by atoms with Crippen molar-refractivity contribution in [2.45, 2.75) is 112 Å². The molecule has 6 rings (SSSR count). The van der Waals surface area contributed by atoms with Crippen molar-refractivity contribution in [1.29, 1.82) is 0 Å². The van der Waals surface area contributed by atoms with Crippen LogP contribution in [0.15, 0.2) is 36.4 Å². The van der Waals surface area contributed by atoms with Crippen molar-refractivity contribution in [3.05, 3.63) is 47.5 Å². The smallest absolute Gasteiger partial charge is 0.229 e. The van der Waals surface area contributed by atoms with Crippen LogP contribution in [0.25, 0.3) is 0 Å². The van der Waals surface area contributed by atoms with Gasteiger partial charge in [0.25, 0.3) is 0 Å². The van der Waals surface area contributed by atoms with E-state index in [-0.39, 0.29) is 29.2 Å². The van der Waals surface area contributed by atoms with E-state index in [4.69, 9.17) is 33.2 Å². The number of carbonyl (C=O) groups excluding carboxylic acids is 1.